The summed E-state index contributed by atoms with van der Waals surface area (Å²) in [4.78, 5) is 11.9. The van der Waals surface area contributed by atoms with Gasteiger partial charge in [-0.15, -0.1) is 0 Å². The van der Waals surface area contributed by atoms with Gasteiger partial charge in [-0.2, -0.15) is 11.8 Å². The lowest BCUT2D eigenvalue weighted by Crippen LogP contribution is -2.52. The summed E-state index contributed by atoms with van der Waals surface area (Å²) in [5.41, 5.74) is -0.429. The molecule has 1 amide bonds. The van der Waals surface area contributed by atoms with Crippen LogP contribution in [0.5, 0.6) is 0 Å². The normalized spacial score (nSPS) is 31.5. The first-order valence-electron chi connectivity index (χ1n) is 9.65. The highest BCUT2D eigenvalue weighted by Crippen LogP contribution is 2.30. The minimum atomic E-state index is -0.429. The van der Waals surface area contributed by atoms with Crippen LogP contribution in [0.1, 0.15) is 72.1 Å². The number of nitrogens with one attached hydrogen (secondary N) is 2. The summed E-state index contributed by atoms with van der Waals surface area (Å²) in [7, 11) is 0. The van der Waals surface area contributed by atoms with Gasteiger partial charge >= 0.3 is 6.09 Å². The van der Waals surface area contributed by atoms with E-state index in [9.17, 15) is 4.79 Å². The second-order valence-corrected chi connectivity index (χ2v) is 9.44. The van der Waals surface area contributed by atoms with Crippen molar-refractivity contribution in [3.8, 4) is 0 Å². The van der Waals surface area contributed by atoms with Gasteiger partial charge in [-0.25, -0.2) is 4.79 Å². The first-order chi connectivity index (χ1) is 11.4. The molecule has 4 unspecified atom stereocenters. The molecule has 2 fully saturated rings. The van der Waals surface area contributed by atoms with Gasteiger partial charge in [0.15, 0.2) is 0 Å². The molecule has 24 heavy (non-hydrogen) atoms. The number of hydrogen-bond donors (Lipinski definition) is 2. The van der Waals surface area contributed by atoms with Gasteiger partial charge in [-0.1, -0.05) is 25.7 Å². The molecule has 0 aliphatic heterocycles. The summed E-state index contributed by atoms with van der Waals surface area (Å²) >= 11 is 2.02. The smallest absolute Gasteiger partial charge is 0.407 e. The van der Waals surface area contributed by atoms with Gasteiger partial charge in [-0.3, -0.25) is 0 Å². The molecule has 5 heteroatoms. The summed E-state index contributed by atoms with van der Waals surface area (Å²) in [5.74, 6) is 0.524. The fourth-order valence-electron chi connectivity index (χ4n) is 4.04. The third-order valence-electron chi connectivity index (χ3n) is 5.25. The summed E-state index contributed by atoms with van der Waals surface area (Å²) in [6.45, 7) is 6.44. The first kappa shape index (κ1) is 19.9. The van der Waals surface area contributed by atoms with Gasteiger partial charge < -0.3 is 15.4 Å². The van der Waals surface area contributed by atoms with E-state index in [0.717, 1.165) is 11.8 Å². The quantitative estimate of drug-likeness (QED) is 0.769. The molecular weight excluding hydrogens is 320 g/mol. The predicted octanol–water partition coefficient (Wildman–Crippen LogP) is 4.33. The molecule has 2 rings (SSSR count). The molecule has 2 N–H and O–H groups in total. The maximum atomic E-state index is 11.9. The van der Waals surface area contributed by atoms with Gasteiger partial charge in [0.25, 0.3) is 0 Å². The molecule has 0 saturated heterocycles. The molecule has 0 bridgehead atoms. The van der Waals surface area contributed by atoms with Crippen LogP contribution in [0.3, 0.4) is 0 Å². The van der Waals surface area contributed by atoms with Crippen LogP contribution >= 0.6 is 11.8 Å². The number of alkyl carbamates (subject to hydrolysis) is 1. The fraction of sp³-hybridized carbons (Fsp3) is 0.947. The highest BCUT2D eigenvalue weighted by atomic mass is 32.2. The van der Waals surface area contributed by atoms with E-state index < -0.39 is 5.60 Å². The number of carbonyl (C=O) groups is 1. The molecule has 0 radical (unpaired) electrons. The van der Waals surface area contributed by atoms with E-state index in [0.29, 0.717) is 18.0 Å². The maximum absolute atomic E-state index is 11.9. The Kier molecular flexibility index (Phi) is 7.73. The Labute approximate surface area is 152 Å². The van der Waals surface area contributed by atoms with Crippen LogP contribution in [0.2, 0.25) is 0 Å². The van der Waals surface area contributed by atoms with Crippen molar-refractivity contribution < 1.29 is 9.53 Å². The zero-order valence-corrected chi connectivity index (χ0v) is 16.7. The van der Waals surface area contributed by atoms with E-state index in [4.69, 9.17) is 4.74 Å². The third kappa shape index (κ3) is 6.47. The van der Waals surface area contributed by atoms with Crippen LogP contribution in [0.15, 0.2) is 0 Å². The Morgan fingerprint density at radius 1 is 1.04 bits per heavy atom. The van der Waals surface area contributed by atoms with Crippen LogP contribution in [0.4, 0.5) is 4.79 Å². The Morgan fingerprint density at radius 2 is 1.67 bits per heavy atom. The molecule has 0 aromatic carbocycles. The van der Waals surface area contributed by atoms with Gasteiger partial charge in [0.2, 0.25) is 0 Å². The van der Waals surface area contributed by atoms with Crippen molar-refractivity contribution in [3.05, 3.63) is 0 Å². The van der Waals surface area contributed by atoms with Crippen LogP contribution in [-0.2, 0) is 4.74 Å². The lowest BCUT2D eigenvalue weighted by atomic mass is 9.83. The number of hydrogen-bond acceptors (Lipinski definition) is 4. The van der Waals surface area contributed by atoms with Crippen molar-refractivity contribution in [1.29, 1.82) is 0 Å². The van der Waals surface area contributed by atoms with Crippen molar-refractivity contribution in [1.82, 2.24) is 10.6 Å². The average Bonchev–Trinajstić information content (AvgIpc) is 2.53. The minimum absolute atomic E-state index is 0.286. The molecule has 4 atom stereocenters. The number of amides is 1. The molecular formula is C19H36N2O2S. The number of ether oxygens (including phenoxy) is 1. The van der Waals surface area contributed by atoms with E-state index in [-0.39, 0.29) is 6.09 Å². The summed E-state index contributed by atoms with van der Waals surface area (Å²) in [6.07, 6.45) is 12.3. The van der Waals surface area contributed by atoms with Crippen LogP contribution in [0.25, 0.3) is 0 Å². The second kappa shape index (κ2) is 9.33. The van der Waals surface area contributed by atoms with E-state index in [1.54, 1.807) is 0 Å². The lowest BCUT2D eigenvalue weighted by Gasteiger charge is -2.39. The highest BCUT2D eigenvalue weighted by Gasteiger charge is 2.31. The highest BCUT2D eigenvalue weighted by molar-refractivity contribution is 7.99. The van der Waals surface area contributed by atoms with Gasteiger partial charge in [-0.05, 0) is 58.6 Å². The molecule has 0 spiro atoms. The number of carbonyl (C=O) groups excluding carboxylic acids is 1. The van der Waals surface area contributed by atoms with Crippen molar-refractivity contribution in [2.24, 2.45) is 5.92 Å². The first-order valence-corrected chi connectivity index (χ1v) is 10.9. The summed E-state index contributed by atoms with van der Waals surface area (Å²) in [5, 5.41) is 7.71. The van der Waals surface area contributed by atoms with Gasteiger partial charge in [0.05, 0.1) is 0 Å². The zero-order chi connectivity index (χ0) is 17.6. The SMILES string of the molecule is CSC1CCCCC1NC1CCCCC1CNC(=O)OC(C)(C)C. The monoisotopic (exact) mass is 356 g/mol. The molecule has 0 heterocycles. The van der Waals surface area contributed by atoms with Crippen LogP contribution in [-0.4, -0.2) is 41.8 Å². The van der Waals surface area contributed by atoms with Crippen molar-refractivity contribution in [3.63, 3.8) is 0 Å². The summed E-state index contributed by atoms with van der Waals surface area (Å²) in [6, 6.07) is 1.17. The molecule has 2 aliphatic rings. The lowest BCUT2D eigenvalue weighted by molar-refractivity contribution is 0.0509. The third-order valence-corrected chi connectivity index (χ3v) is 6.42. The second-order valence-electron chi connectivity index (χ2n) is 8.37. The molecule has 2 aliphatic carbocycles. The minimum Gasteiger partial charge on any atom is -0.444 e. The standard InChI is InChI=1S/C19H36N2O2S/c1-19(2,3)23-18(22)20-13-14-9-5-6-10-15(14)21-16-11-7-8-12-17(16)24-4/h14-17,21H,5-13H2,1-4H3,(H,20,22). The topological polar surface area (TPSA) is 50.4 Å². The van der Waals surface area contributed by atoms with E-state index in [1.165, 1.54) is 51.4 Å². The Hall–Kier alpha value is -0.420. The van der Waals surface area contributed by atoms with Crippen LogP contribution < -0.4 is 10.6 Å². The Morgan fingerprint density at radius 3 is 2.33 bits per heavy atom. The number of thioether (sulfide) groups is 1. The number of rotatable bonds is 5. The van der Waals surface area contributed by atoms with Crippen molar-refractivity contribution in [2.75, 3.05) is 12.8 Å². The summed E-state index contributed by atoms with van der Waals surface area (Å²) < 4.78 is 5.37. The molecule has 2 saturated carbocycles. The Balaban J connectivity index is 1.84. The van der Waals surface area contributed by atoms with Crippen LogP contribution in [0, 0.1) is 5.92 Å². The fourth-order valence-corrected chi connectivity index (χ4v) is 4.99. The zero-order valence-electron chi connectivity index (χ0n) is 15.9. The largest absolute Gasteiger partial charge is 0.444 e. The van der Waals surface area contributed by atoms with E-state index in [2.05, 4.69) is 16.9 Å². The molecule has 0 aromatic heterocycles. The predicted molar refractivity (Wildman–Crippen MR) is 103 cm³/mol. The molecule has 4 nitrogen and oxygen atoms in total. The van der Waals surface area contributed by atoms with E-state index >= 15 is 0 Å². The van der Waals surface area contributed by atoms with E-state index in [1.807, 2.05) is 32.5 Å². The van der Waals surface area contributed by atoms with Gasteiger partial charge in [0.1, 0.15) is 5.60 Å². The molecule has 0 aromatic rings. The molecule has 140 valence electrons. The van der Waals surface area contributed by atoms with Crippen molar-refractivity contribution >= 4 is 17.9 Å². The Bertz CT molecular complexity index is 397. The van der Waals surface area contributed by atoms with Gasteiger partial charge in [0, 0.05) is 23.9 Å². The van der Waals surface area contributed by atoms with Crippen molar-refractivity contribution in [2.45, 2.75) is 95.1 Å². The maximum Gasteiger partial charge on any atom is 0.407 e. The average molecular weight is 357 g/mol.